The number of ether oxygens (including phenoxy) is 4. The van der Waals surface area contributed by atoms with E-state index < -0.39 is 17.2 Å². The first-order valence-electron chi connectivity index (χ1n) is 15.1. The van der Waals surface area contributed by atoms with Crippen molar-refractivity contribution in [3.63, 3.8) is 0 Å². The van der Waals surface area contributed by atoms with E-state index >= 15 is 8.78 Å². The number of anilines is 1. The average molecular weight is 669 g/mol. The van der Waals surface area contributed by atoms with Crippen LogP contribution in [0.15, 0.2) is 4.47 Å². The van der Waals surface area contributed by atoms with E-state index in [1.807, 2.05) is 25.7 Å². The Balaban J connectivity index is 1.33. The number of nitrogens with zero attached hydrogens (tertiary/aromatic N) is 5. The minimum atomic E-state index is -0.861. The predicted octanol–water partition coefficient (Wildman–Crippen LogP) is 5.01. The van der Waals surface area contributed by atoms with Crippen LogP contribution in [0.25, 0.3) is 10.9 Å². The Labute approximate surface area is 259 Å². The molecular formula is C30H40BrF2N5O5. The summed E-state index contributed by atoms with van der Waals surface area (Å²) in [6.07, 6.45) is 3.30. The lowest BCUT2D eigenvalue weighted by Gasteiger charge is -2.34. The fraction of sp³-hybridized carbons (Fsp3) is 0.700. The number of likely N-dealkylation sites (tertiary alicyclic amines) is 1. The Hall–Kier alpha value is -2.51. The molecule has 1 saturated carbocycles. The van der Waals surface area contributed by atoms with Crippen LogP contribution >= 0.6 is 15.9 Å². The molecule has 0 radical (unpaired) electrons. The minimum Gasteiger partial charge on any atom is -0.493 e. The van der Waals surface area contributed by atoms with Gasteiger partial charge < -0.3 is 28.7 Å². The largest absolute Gasteiger partial charge is 0.493 e. The number of aromatic nitrogens is 2. The molecule has 2 atom stereocenters. The normalized spacial score (nSPS) is 23.8. The van der Waals surface area contributed by atoms with Gasteiger partial charge in [-0.1, -0.05) is 0 Å². The lowest BCUT2D eigenvalue weighted by molar-refractivity contribution is 0.0221. The van der Waals surface area contributed by atoms with E-state index in [0.717, 1.165) is 58.5 Å². The van der Waals surface area contributed by atoms with Crippen LogP contribution in [0.2, 0.25) is 0 Å². The number of carbonyl (C=O) groups is 1. The molecule has 4 fully saturated rings. The number of carbonyl (C=O) groups excluding carboxylic acids is 1. The molecule has 6 rings (SSSR count). The van der Waals surface area contributed by atoms with E-state index in [2.05, 4.69) is 25.8 Å². The maximum atomic E-state index is 15.7. The molecule has 3 aliphatic heterocycles. The van der Waals surface area contributed by atoms with Gasteiger partial charge in [0, 0.05) is 44.7 Å². The number of benzene rings is 1. The summed E-state index contributed by atoms with van der Waals surface area (Å²) in [6.45, 7) is 11.7. The van der Waals surface area contributed by atoms with Gasteiger partial charge in [-0.15, -0.1) is 0 Å². The van der Waals surface area contributed by atoms with Crippen molar-refractivity contribution in [2.45, 2.75) is 58.1 Å². The number of fused-ring (bicyclic) bond motifs is 3. The Morgan fingerprint density at radius 3 is 2.53 bits per heavy atom. The van der Waals surface area contributed by atoms with Crippen molar-refractivity contribution in [3.8, 4) is 11.8 Å². The Morgan fingerprint density at radius 1 is 1.12 bits per heavy atom. The van der Waals surface area contributed by atoms with Gasteiger partial charge in [-0.2, -0.15) is 9.97 Å². The van der Waals surface area contributed by atoms with Crippen molar-refractivity contribution in [2.24, 2.45) is 11.3 Å². The van der Waals surface area contributed by atoms with Crippen LogP contribution in [-0.4, -0.2) is 104 Å². The summed E-state index contributed by atoms with van der Waals surface area (Å²) in [5, 5.41) is 0.143. The highest BCUT2D eigenvalue weighted by atomic mass is 79.9. The first kappa shape index (κ1) is 30.5. The van der Waals surface area contributed by atoms with E-state index in [4.69, 9.17) is 23.9 Å². The summed E-state index contributed by atoms with van der Waals surface area (Å²) in [7, 11) is 1.34. The maximum absolute atomic E-state index is 15.7. The van der Waals surface area contributed by atoms with Crippen molar-refractivity contribution >= 4 is 38.7 Å². The number of hydrogen-bond acceptors (Lipinski definition) is 9. The van der Waals surface area contributed by atoms with Crippen LogP contribution in [-0.2, 0) is 9.47 Å². The molecule has 4 heterocycles. The van der Waals surface area contributed by atoms with E-state index in [1.165, 1.54) is 7.11 Å². The third kappa shape index (κ3) is 6.35. The molecule has 10 nitrogen and oxygen atoms in total. The predicted molar refractivity (Wildman–Crippen MR) is 160 cm³/mol. The summed E-state index contributed by atoms with van der Waals surface area (Å²) in [6, 6.07) is -0.107. The second-order valence-corrected chi connectivity index (χ2v) is 14.1. The van der Waals surface area contributed by atoms with Crippen LogP contribution in [0, 0.1) is 23.0 Å². The highest BCUT2D eigenvalue weighted by molar-refractivity contribution is 9.10. The molecule has 1 amide bonds. The molecule has 2 bridgehead atoms. The number of hydrogen-bond donors (Lipinski definition) is 0. The number of amides is 1. The molecule has 43 heavy (non-hydrogen) atoms. The van der Waals surface area contributed by atoms with Gasteiger partial charge in [0.1, 0.15) is 16.9 Å². The first-order valence-corrected chi connectivity index (χ1v) is 15.9. The monoisotopic (exact) mass is 667 g/mol. The van der Waals surface area contributed by atoms with Gasteiger partial charge in [-0.3, -0.25) is 4.90 Å². The molecule has 2 unspecified atom stereocenters. The molecule has 1 aromatic heterocycles. The zero-order chi connectivity index (χ0) is 30.5. The molecule has 1 aromatic carbocycles. The number of halogens is 3. The summed E-state index contributed by atoms with van der Waals surface area (Å²) in [5.41, 5.74) is -0.707. The highest BCUT2D eigenvalue weighted by Crippen LogP contribution is 2.47. The average Bonchev–Trinajstić information content (AvgIpc) is 3.65. The van der Waals surface area contributed by atoms with Gasteiger partial charge in [-0.05, 0) is 68.3 Å². The molecule has 0 spiro atoms. The number of methoxy groups -OCH3 is 1. The molecule has 3 saturated heterocycles. The van der Waals surface area contributed by atoms with Gasteiger partial charge in [0.05, 0.1) is 42.8 Å². The van der Waals surface area contributed by atoms with Crippen molar-refractivity contribution in [1.29, 1.82) is 0 Å². The smallest absolute Gasteiger partial charge is 0.410 e. The highest BCUT2D eigenvalue weighted by Gasteiger charge is 2.46. The number of morpholine rings is 1. The quantitative estimate of drug-likeness (QED) is 0.378. The van der Waals surface area contributed by atoms with E-state index in [0.29, 0.717) is 32.1 Å². The molecule has 4 aliphatic rings. The fourth-order valence-corrected chi connectivity index (χ4v) is 6.85. The second kappa shape index (κ2) is 11.8. The lowest BCUT2D eigenvalue weighted by atomic mass is 10.0. The maximum Gasteiger partial charge on any atom is 0.410 e. The standard InChI is InChI=1S/C30H40BrF2N5O5/c1-29(2,3)43-28(39)38-14-18-5-8-37(15-19(38)13-18)26-20-24(22(32)21(31)23(33)25(20)40-4)34-27(35-26)42-17-30(6-7-30)16-36-9-11-41-12-10-36/h18-19H,5-17H2,1-4H3. The third-order valence-corrected chi connectivity index (χ3v) is 9.58. The Bertz CT molecular complexity index is 1380. The molecular weight excluding hydrogens is 628 g/mol. The van der Waals surface area contributed by atoms with E-state index in [1.54, 1.807) is 4.90 Å². The Morgan fingerprint density at radius 2 is 1.86 bits per heavy atom. The SMILES string of the molecule is COc1c(F)c(Br)c(F)c2nc(OCC3(CN4CCOCC4)CC3)nc(N3CCC4CC(C3)N(C(=O)OC(C)(C)C)C4)c12. The number of rotatable bonds is 7. The van der Waals surface area contributed by atoms with Gasteiger partial charge in [-0.25, -0.2) is 13.6 Å². The Kier molecular flexibility index (Phi) is 8.36. The minimum absolute atomic E-state index is 0.00882. The van der Waals surface area contributed by atoms with Crippen LogP contribution in [0.1, 0.15) is 46.5 Å². The first-order chi connectivity index (χ1) is 20.5. The van der Waals surface area contributed by atoms with Crippen LogP contribution in [0.5, 0.6) is 11.8 Å². The van der Waals surface area contributed by atoms with Crippen molar-refractivity contribution in [2.75, 3.05) is 71.1 Å². The zero-order valence-electron chi connectivity index (χ0n) is 25.3. The summed E-state index contributed by atoms with van der Waals surface area (Å²) >= 11 is 3.04. The van der Waals surface area contributed by atoms with E-state index in [9.17, 15) is 4.79 Å². The molecule has 0 N–H and O–H groups in total. The van der Waals surface area contributed by atoms with Gasteiger partial charge >= 0.3 is 12.1 Å². The van der Waals surface area contributed by atoms with Gasteiger partial charge in [0.25, 0.3) is 0 Å². The van der Waals surface area contributed by atoms with Crippen molar-refractivity contribution in [3.05, 3.63) is 16.1 Å². The van der Waals surface area contributed by atoms with Crippen LogP contribution < -0.4 is 14.4 Å². The molecule has 13 heteroatoms. The molecule has 236 valence electrons. The van der Waals surface area contributed by atoms with Crippen LogP contribution in [0.4, 0.5) is 19.4 Å². The summed E-state index contributed by atoms with van der Waals surface area (Å²) < 4.78 is 53.5. The molecule has 2 aromatic rings. The third-order valence-electron chi connectivity index (χ3n) is 8.89. The molecule has 1 aliphatic carbocycles. The van der Waals surface area contributed by atoms with Crippen molar-refractivity contribution < 1.29 is 32.5 Å². The fourth-order valence-electron chi connectivity index (χ4n) is 6.48. The van der Waals surface area contributed by atoms with Gasteiger partial charge in [0.15, 0.2) is 17.4 Å². The summed E-state index contributed by atoms with van der Waals surface area (Å²) in [5.74, 6) is -1.24. The second-order valence-electron chi connectivity index (χ2n) is 13.3. The van der Waals surface area contributed by atoms with E-state index in [-0.39, 0.29) is 50.6 Å². The van der Waals surface area contributed by atoms with Crippen LogP contribution in [0.3, 0.4) is 0 Å². The lowest BCUT2D eigenvalue weighted by Crippen LogP contribution is -2.46. The van der Waals surface area contributed by atoms with Crippen molar-refractivity contribution in [1.82, 2.24) is 19.8 Å². The van der Waals surface area contributed by atoms with Gasteiger partial charge in [0.2, 0.25) is 0 Å². The zero-order valence-corrected chi connectivity index (χ0v) is 26.8. The summed E-state index contributed by atoms with van der Waals surface area (Å²) in [4.78, 5) is 28.4. The topological polar surface area (TPSA) is 89.5 Å².